The molecule has 26 heavy (non-hydrogen) atoms. The highest BCUT2D eigenvalue weighted by Gasteiger charge is 2.37. The number of aliphatic hydroxyl groups is 1. The molecule has 2 fully saturated rings. The Balaban J connectivity index is 1.70. The monoisotopic (exact) mass is 372 g/mol. The van der Waals surface area contributed by atoms with Crippen molar-refractivity contribution in [3.63, 3.8) is 0 Å². The molecule has 1 saturated heterocycles. The molecule has 1 heterocycles. The fourth-order valence-electron chi connectivity index (χ4n) is 3.77. The summed E-state index contributed by atoms with van der Waals surface area (Å²) in [5.41, 5.74) is 0. The number of ether oxygens (including phenoxy) is 5. The van der Waals surface area contributed by atoms with E-state index in [1.54, 1.807) is 7.11 Å². The summed E-state index contributed by atoms with van der Waals surface area (Å²) in [4.78, 5) is 0. The molecule has 0 radical (unpaired) electrons. The van der Waals surface area contributed by atoms with Gasteiger partial charge in [-0.1, -0.05) is 12.2 Å². The van der Waals surface area contributed by atoms with Crippen molar-refractivity contribution in [2.45, 2.75) is 70.7 Å². The summed E-state index contributed by atoms with van der Waals surface area (Å²) < 4.78 is 27.9. The van der Waals surface area contributed by atoms with Crippen LogP contribution in [0, 0.1) is 11.8 Å². The molecule has 6 heteroatoms. The van der Waals surface area contributed by atoms with Gasteiger partial charge in [-0.05, 0) is 63.7 Å². The minimum Gasteiger partial charge on any atom is -0.396 e. The van der Waals surface area contributed by atoms with Crippen LogP contribution in [0.15, 0.2) is 12.2 Å². The maximum absolute atomic E-state index is 9.66. The van der Waals surface area contributed by atoms with Gasteiger partial charge in [-0.2, -0.15) is 0 Å². The maximum Gasteiger partial charge on any atom is 0.271 e. The Morgan fingerprint density at radius 1 is 1.19 bits per heavy atom. The zero-order chi connectivity index (χ0) is 18.6. The number of hydrogen-bond donors (Lipinski definition) is 1. The Bertz CT molecular complexity index is 382. The molecule has 2 aliphatic rings. The topological polar surface area (TPSA) is 66.4 Å². The van der Waals surface area contributed by atoms with Crippen molar-refractivity contribution in [1.82, 2.24) is 0 Å². The van der Waals surface area contributed by atoms with Crippen molar-refractivity contribution in [3.05, 3.63) is 12.2 Å². The van der Waals surface area contributed by atoms with Crippen molar-refractivity contribution in [2.75, 3.05) is 33.5 Å². The third-order valence-corrected chi connectivity index (χ3v) is 5.22. The third kappa shape index (κ3) is 7.25. The lowest BCUT2D eigenvalue weighted by atomic mass is 9.92. The van der Waals surface area contributed by atoms with Gasteiger partial charge in [0, 0.05) is 26.9 Å². The zero-order valence-corrected chi connectivity index (χ0v) is 16.3. The van der Waals surface area contributed by atoms with Crippen LogP contribution < -0.4 is 0 Å². The van der Waals surface area contributed by atoms with Crippen LogP contribution in [-0.4, -0.2) is 57.5 Å². The zero-order valence-electron chi connectivity index (χ0n) is 16.3. The number of aliphatic hydroxyl groups excluding tert-OH is 1. The number of rotatable bonds is 12. The second kappa shape index (κ2) is 12.8. The van der Waals surface area contributed by atoms with E-state index < -0.39 is 6.48 Å². The molecule has 0 aromatic heterocycles. The van der Waals surface area contributed by atoms with Gasteiger partial charge in [-0.15, -0.1) is 0 Å². The van der Waals surface area contributed by atoms with Gasteiger partial charge in [-0.25, -0.2) is 0 Å². The van der Waals surface area contributed by atoms with Gasteiger partial charge < -0.3 is 28.8 Å². The van der Waals surface area contributed by atoms with E-state index in [1.165, 1.54) is 6.42 Å². The van der Waals surface area contributed by atoms with E-state index in [1.807, 2.05) is 6.92 Å². The van der Waals surface area contributed by atoms with Crippen LogP contribution in [0.1, 0.15) is 51.9 Å². The van der Waals surface area contributed by atoms with E-state index in [4.69, 9.17) is 23.7 Å². The van der Waals surface area contributed by atoms with Crippen molar-refractivity contribution < 1.29 is 28.8 Å². The molecule has 0 aromatic rings. The minimum atomic E-state index is -0.627. The van der Waals surface area contributed by atoms with Crippen LogP contribution in [0.2, 0.25) is 0 Å². The van der Waals surface area contributed by atoms with Crippen LogP contribution in [-0.2, 0) is 23.7 Å². The molecule has 0 aromatic carbocycles. The molecule has 0 bridgehead atoms. The minimum absolute atomic E-state index is 0.0203. The average molecular weight is 373 g/mol. The molecule has 152 valence electrons. The van der Waals surface area contributed by atoms with Gasteiger partial charge in [0.05, 0.1) is 12.7 Å². The summed E-state index contributed by atoms with van der Waals surface area (Å²) in [6.45, 7) is 3.54. The second-order valence-electron chi connectivity index (χ2n) is 7.00. The van der Waals surface area contributed by atoms with Gasteiger partial charge in [0.1, 0.15) is 0 Å². The molecule has 0 spiro atoms. The average Bonchev–Trinajstić information content (AvgIpc) is 3.06. The molecule has 2 rings (SSSR count). The van der Waals surface area contributed by atoms with Crippen LogP contribution in [0.25, 0.3) is 0 Å². The van der Waals surface area contributed by atoms with E-state index in [0.717, 1.165) is 45.1 Å². The van der Waals surface area contributed by atoms with Gasteiger partial charge >= 0.3 is 0 Å². The van der Waals surface area contributed by atoms with Gasteiger partial charge in [0.15, 0.2) is 6.29 Å². The fraction of sp³-hybridized carbons (Fsp3) is 0.900. The summed E-state index contributed by atoms with van der Waals surface area (Å²) in [6.07, 6.45) is 11.4. The predicted octanol–water partition coefficient (Wildman–Crippen LogP) is 3.24. The molecule has 6 nitrogen and oxygen atoms in total. The quantitative estimate of drug-likeness (QED) is 0.322. The molecule has 0 amide bonds. The summed E-state index contributed by atoms with van der Waals surface area (Å²) in [5, 5.41) is 9.66. The Hall–Kier alpha value is -0.500. The van der Waals surface area contributed by atoms with E-state index in [9.17, 15) is 5.11 Å². The van der Waals surface area contributed by atoms with E-state index in [2.05, 4.69) is 12.2 Å². The normalized spacial score (nSPS) is 30.9. The lowest BCUT2D eigenvalue weighted by Crippen LogP contribution is -2.31. The Labute approximate surface area is 157 Å². The number of methoxy groups -OCH3 is 1. The SMILES string of the molecule is CCOC(OC)OC1CCC(CO)C1CC=CCCOC1CCCCO1. The maximum atomic E-state index is 9.66. The molecule has 1 aliphatic carbocycles. The van der Waals surface area contributed by atoms with Crippen LogP contribution in [0.3, 0.4) is 0 Å². The number of allylic oxidation sites excluding steroid dienone is 1. The Kier molecular flexibility index (Phi) is 10.7. The predicted molar refractivity (Wildman–Crippen MR) is 98.5 cm³/mol. The summed E-state index contributed by atoms with van der Waals surface area (Å²) in [6, 6.07) is 0. The molecule has 1 aliphatic heterocycles. The molecule has 1 N–H and O–H groups in total. The van der Waals surface area contributed by atoms with Crippen molar-refractivity contribution in [1.29, 1.82) is 0 Å². The lowest BCUT2D eigenvalue weighted by molar-refractivity contribution is -0.297. The van der Waals surface area contributed by atoms with Gasteiger partial charge in [0.2, 0.25) is 0 Å². The largest absolute Gasteiger partial charge is 0.396 e. The van der Waals surface area contributed by atoms with E-state index in [0.29, 0.717) is 13.2 Å². The van der Waals surface area contributed by atoms with Crippen molar-refractivity contribution in [3.8, 4) is 0 Å². The summed E-state index contributed by atoms with van der Waals surface area (Å²) in [7, 11) is 1.59. The third-order valence-electron chi connectivity index (χ3n) is 5.22. The van der Waals surface area contributed by atoms with Gasteiger partial charge in [0.25, 0.3) is 6.48 Å². The molecule has 5 atom stereocenters. The standard InChI is InChI=1S/C20H36O6/c1-3-23-20(22-2)26-18-12-11-16(15-21)17(18)9-5-4-7-13-24-19-10-6-8-14-25-19/h4-5,16-21H,3,6-15H2,1-2H3. The van der Waals surface area contributed by atoms with Crippen molar-refractivity contribution in [2.24, 2.45) is 11.8 Å². The first-order valence-electron chi connectivity index (χ1n) is 10.1. The fourth-order valence-corrected chi connectivity index (χ4v) is 3.77. The Morgan fingerprint density at radius 3 is 2.77 bits per heavy atom. The van der Waals surface area contributed by atoms with E-state index >= 15 is 0 Å². The molecule has 5 unspecified atom stereocenters. The first-order chi connectivity index (χ1) is 12.8. The first kappa shape index (κ1) is 21.8. The van der Waals surface area contributed by atoms with E-state index in [-0.39, 0.29) is 30.8 Å². The second-order valence-corrected chi connectivity index (χ2v) is 7.00. The molecule has 1 saturated carbocycles. The highest BCUT2D eigenvalue weighted by Crippen LogP contribution is 2.37. The van der Waals surface area contributed by atoms with Crippen LogP contribution in [0.4, 0.5) is 0 Å². The smallest absolute Gasteiger partial charge is 0.271 e. The van der Waals surface area contributed by atoms with Crippen molar-refractivity contribution >= 4 is 0 Å². The number of hydrogen-bond acceptors (Lipinski definition) is 6. The highest BCUT2D eigenvalue weighted by molar-refractivity contribution is 4.93. The first-order valence-corrected chi connectivity index (χ1v) is 10.1. The molecular weight excluding hydrogens is 336 g/mol. The lowest BCUT2D eigenvalue weighted by Gasteiger charge is -2.26. The van der Waals surface area contributed by atoms with Gasteiger partial charge in [-0.3, -0.25) is 0 Å². The highest BCUT2D eigenvalue weighted by atomic mass is 16.8. The molecular formula is C20H36O6. The van der Waals surface area contributed by atoms with Crippen LogP contribution in [0.5, 0.6) is 0 Å². The summed E-state index contributed by atoms with van der Waals surface area (Å²) in [5.74, 6) is 0.563. The summed E-state index contributed by atoms with van der Waals surface area (Å²) >= 11 is 0. The Morgan fingerprint density at radius 2 is 2.08 bits per heavy atom. The van der Waals surface area contributed by atoms with Crippen LogP contribution >= 0.6 is 0 Å².